The largest absolute Gasteiger partial charge is 1.00 e. The standard InChI is InChI=1S/C9H9NS.ClH/c1-2-9-10-7-5-3-4-6-8(7)11-9;/h3-6H,2H2,1H3;1H. The summed E-state index contributed by atoms with van der Waals surface area (Å²) < 4.78 is 1.35. The second-order valence-electron chi connectivity index (χ2n) is 2.50. The molecule has 1 aromatic carbocycles. The summed E-state index contributed by atoms with van der Waals surface area (Å²) in [6.07, 6.45) is 1.10. The van der Waals surface area contributed by atoms with Crippen molar-refractivity contribution in [1.82, 2.24) is 0 Å². The molecule has 0 amide bonds. The molecule has 0 fully saturated rings. The van der Waals surface area contributed by atoms with E-state index in [0.717, 1.165) is 6.42 Å². The molecular weight excluding hydrogens is 190 g/mol. The molecule has 1 aromatic heterocycles. The highest BCUT2D eigenvalue weighted by molar-refractivity contribution is 7.18. The van der Waals surface area contributed by atoms with Crippen LogP contribution in [0.15, 0.2) is 24.3 Å². The van der Waals surface area contributed by atoms with Crippen LogP contribution in [0.1, 0.15) is 11.9 Å². The van der Waals surface area contributed by atoms with Crippen LogP contribution >= 0.6 is 11.3 Å². The number of aromatic amines is 1. The summed E-state index contributed by atoms with van der Waals surface area (Å²) in [5.74, 6) is 0. The van der Waals surface area contributed by atoms with Crippen molar-refractivity contribution in [3.8, 4) is 0 Å². The summed E-state index contributed by atoms with van der Waals surface area (Å²) >= 11 is 1.84. The molecule has 64 valence electrons. The minimum atomic E-state index is 0. The van der Waals surface area contributed by atoms with Gasteiger partial charge in [-0.2, -0.15) is 4.98 Å². The predicted molar refractivity (Wildman–Crippen MR) is 47.8 cm³/mol. The lowest BCUT2D eigenvalue weighted by molar-refractivity contribution is -0.350. The van der Waals surface area contributed by atoms with E-state index >= 15 is 0 Å². The van der Waals surface area contributed by atoms with Crippen molar-refractivity contribution in [3.05, 3.63) is 29.3 Å². The quantitative estimate of drug-likeness (QED) is 0.576. The molecule has 0 saturated heterocycles. The van der Waals surface area contributed by atoms with E-state index in [9.17, 15) is 0 Å². The van der Waals surface area contributed by atoms with Crippen molar-refractivity contribution in [2.45, 2.75) is 13.3 Å². The number of thiazole rings is 1. The number of fused-ring (bicyclic) bond motifs is 1. The highest BCUT2D eigenvalue weighted by Gasteiger charge is 2.06. The average Bonchev–Trinajstić information content (AvgIpc) is 2.46. The van der Waals surface area contributed by atoms with Crippen molar-refractivity contribution in [2.24, 2.45) is 0 Å². The molecule has 0 atom stereocenters. The number of benzene rings is 1. The number of rotatable bonds is 1. The fourth-order valence-corrected chi connectivity index (χ4v) is 2.07. The molecule has 1 heterocycles. The fraction of sp³-hybridized carbons (Fsp3) is 0.222. The molecule has 12 heavy (non-hydrogen) atoms. The first kappa shape index (κ1) is 9.49. The van der Waals surface area contributed by atoms with E-state index in [1.54, 1.807) is 0 Å². The molecule has 2 aromatic rings. The third kappa shape index (κ3) is 1.59. The smallest absolute Gasteiger partial charge is 0.236 e. The zero-order valence-corrected chi connectivity index (χ0v) is 8.38. The number of H-pyrrole nitrogens is 1. The van der Waals surface area contributed by atoms with Gasteiger partial charge < -0.3 is 12.4 Å². The van der Waals surface area contributed by atoms with E-state index in [0.29, 0.717) is 0 Å². The van der Waals surface area contributed by atoms with Gasteiger partial charge >= 0.3 is 0 Å². The van der Waals surface area contributed by atoms with Gasteiger partial charge in [-0.25, -0.2) is 0 Å². The summed E-state index contributed by atoms with van der Waals surface area (Å²) in [6, 6.07) is 8.40. The van der Waals surface area contributed by atoms with Gasteiger partial charge in [0.15, 0.2) is 0 Å². The third-order valence-electron chi connectivity index (χ3n) is 1.72. The minimum Gasteiger partial charge on any atom is -1.00 e. The maximum Gasteiger partial charge on any atom is 0.236 e. The van der Waals surface area contributed by atoms with E-state index in [2.05, 4.69) is 36.2 Å². The normalized spacial score (nSPS) is 9.75. The van der Waals surface area contributed by atoms with Gasteiger partial charge in [-0.05, 0) is 6.07 Å². The van der Waals surface area contributed by atoms with Crippen LogP contribution in [0, 0.1) is 0 Å². The van der Waals surface area contributed by atoms with Gasteiger partial charge in [-0.15, -0.1) is 0 Å². The summed E-state index contributed by atoms with van der Waals surface area (Å²) in [5.41, 5.74) is 1.26. The van der Waals surface area contributed by atoms with E-state index in [1.807, 2.05) is 11.3 Å². The van der Waals surface area contributed by atoms with E-state index < -0.39 is 0 Å². The van der Waals surface area contributed by atoms with Crippen molar-refractivity contribution in [2.75, 3.05) is 0 Å². The molecule has 2 rings (SSSR count). The molecule has 0 aliphatic carbocycles. The predicted octanol–water partition coefficient (Wildman–Crippen LogP) is -0.718. The SMILES string of the molecule is CCc1[nH+]c2ccccc2s1.[Cl-]. The summed E-state index contributed by atoms with van der Waals surface area (Å²) in [6.45, 7) is 2.17. The van der Waals surface area contributed by atoms with Crippen LogP contribution in [0.25, 0.3) is 10.2 Å². The van der Waals surface area contributed by atoms with E-state index in [1.165, 1.54) is 15.2 Å². The van der Waals surface area contributed by atoms with Crippen molar-refractivity contribution in [3.63, 3.8) is 0 Å². The Kier molecular flexibility index (Phi) is 3.06. The molecule has 3 heteroatoms. The van der Waals surface area contributed by atoms with Gasteiger partial charge in [-0.1, -0.05) is 30.4 Å². The maximum atomic E-state index is 3.36. The van der Waals surface area contributed by atoms with Gasteiger partial charge in [0.25, 0.3) is 0 Å². The maximum absolute atomic E-state index is 3.36. The Bertz CT molecular complexity index is 336. The second kappa shape index (κ2) is 3.87. The minimum absolute atomic E-state index is 0. The topological polar surface area (TPSA) is 14.1 Å². The van der Waals surface area contributed by atoms with Gasteiger partial charge in [-0.3, -0.25) is 0 Å². The zero-order valence-electron chi connectivity index (χ0n) is 6.80. The lowest BCUT2D eigenvalue weighted by Crippen LogP contribution is -3.00. The Morgan fingerprint density at radius 2 is 2.08 bits per heavy atom. The first-order valence-corrected chi connectivity index (χ1v) is 4.61. The molecule has 0 aliphatic heterocycles. The van der Waals surface area contributed by atoms with Crippen LogP contribution in [0.5, 0.6) is 0 Å². The van der Waals surface area contributed by atoms with Crippen LogP contribution < -0.4 is 17.4 Å². The lowest BCUT2D eigenvalue weighted by Gasteiger charge is -1.75. The molecule has 0 unspecified atom stereocenters. The van der Waals surface area contributed by atoms with Crippen molar-refractivity contribution < 1.29 is 17.4 Å². The lowest BCUT2D eigenvalue weighted by atomic mass is 10.3. The van der Waals surface area contributed by atoms with Crippen molar-refractivity contribution >= 4 is 21.6 Å². The molecular formula is C9H10ClNS. The number of nitrogens with one attached hydrogen (secondary N) is 1. The summed E-state index contributed by atoms with van der Waals surface area (Å²) in [4.78, 5) is 3.36. The molecule has 0 saturated carbocycles. The monoisotopic (exact) mass is 199 g/mol. The molecule has 1 nitrogen and oxygen atoms in total. The Balaban J connectivity index is 0.000000720. The molecule has 0 aliphatic rings. The van der Waals surface area contributed by atoms with Gasteiger partial charge in [0, 0.05) is 12.5 Å². The first-order valence-electron chi connectivity index (χ1n) is 3.80. The molecule has 0 bridgehead atoms. The summed E-state index contributed by atoms with van der Waals surface area (Å²) in [5, 5.41) is 1.35. The van der Waals surface area contributed by atoms with Crippen molar-refractivity contribution in [1.29, 1.82) is 0 Å². The number of hydrogen-bond donors (Lipinski definition) is 0. The highest BCUT2D eigenvalue weighted by Crippen LogP contribution is 2.17. The fourth-order valence-electron chi connectivity index (χ4n) is 1.13. The number of halogens is 1. The highest BCUT2D eigenvalue weighted by atomic mass is 35.5. The van der Waals surface area contributed by atoms with E-state index in [-0.39, 0.29) is 12.4 Å². The Morgan fingerprint density at radius 1 is 1.33 bits per heavy atom. The third-order valence-corrected chi connectivity index (χ3v) is 2.93. The number of aromatic nitrogens is 1. The zero-order chi connectivity index (χ0) is 7.68. The molecule has 0 radical (unpaired) electrons. The molecule has 1 N–H and O–H groups in total. The second-order valence-corrected chi connectivity index (χ2v) is 3.64. The van der Waals surface area contributed by atoms with Crippen LogP contribution in [0.2, 0.25) is 0 Å². The average molecular weight is 200 g/mol. The van der Waals surface area contributed by atoms with Gasteiger partial charge in [0.05, 0.1) is 0 Å². The van der Waals surface area contributed by atoms with Crippen LogP contribution in [-0.4, -0.2) is 0 Å². The molecule has 0 spiro atoms. The van der Waals surface area contributed by atoms with Crippen LogP contribution in [0.4, 0.5) is 0 Å². The number of aryl methyl sites for hydroxylation is 1. The van der Waals surface area contributed by atoms with Gasteiger partial charge in [0.2, 0.25) is 10.5 Å². The van der Waals surface area contributed by atoms with Crippen LogP contribution in [0.3, 0.4) is 0 Å². The number of hydrogen-bond acceptors (Lipinski definition) is 1. The summed E-state index contributed by atoms with van der Waals surface area (Å²) in [7, 11) is 0. The van der Waals surface area contributed by atoms with Gasteiger partial charge in [0.1, 0.15) is 4.70 Å². The Labute approximate surface area is 81.9 Å². The van der Waals surface area contributed by atoms with E-state index in [4.69, 9.17) is 0 Å². The first-order chi connectivity index (χ1) is 5.40. The number of para-hydroxylation sites is 1. The Morgan fingerprint density at radius 3 is 2.75 bits per heavy atom. The Hall–Kier alpha value is -0.600. The van der Waals surface area contributed by atoms with Crippen LogP contribution in [-0.2, 0) is 6.42 Å².